The lowest BCUT2D eigenvalue weighted by Crippen LogP contribution is -2.49. The fraction of sp³-hybridized carbons (Fsp3) is 0.400. The first-order valence-electron chi connectivity index (χ1n) is 9.60. The molecule has 3 amide bonds. The number of carbonyl (C=O) groups excluding carboxylic acids is 3. The van der Waals surface area contributed by atoms with Crippen molar-refractivity contribution in [1.29, 1.82) is 0 Å². The smallest absolute Gasteiger partial charge is 0.273 e. The van der Waals surface area contributed by atoms with E-state index in [0.717, 1.165) is 18.4 Å². The maximum Gasteiger partial charge on any atom is 0.273 e. The van der Waals surface area contributed by atoms with E-state index in [1.807, 2.05) is 0 Å². The van der Waals surface area contributed by atoms with Crippen LogP contribution >= 0.6 is 0 Å². The molecule has 152 valence electrons. The number of carbonyl (C=O) groups is 3. The molecular formula is C20H22N4O5. The minimum atomic E-state index is -0.330. The van der Waals surface area contributed by atoms with Crippen molar-refractivity contribution in [2.75, 3.05) is 26.2 Å². The van der Waals surface area contributed by atoms with Crippen LogP contribution in [-0.4, -0.2) is 53.8 Å². The van der Waals surface area contributed by atoms with Gasteiger partial charge in [-0.15, -0.1) is 0 Å². The summed E-state index contributed by atoms with van der Waals surface area (Å²) >= 11 is 0. The van der Waals surface area contributed by atoms with Crippen LogP contribution in [0.4, 0.5) is 0 Å². The van der Waals surface area contributed by atoms with Crippen molar-refractivity contribution in [3.8, 4) is 0 Å². The largest absolute Gasteiger partial charge is 0.445 e. The third-order valence-electron chi connectivity index (χ3n) is 5.01. The van der Waals surface area contributed by atoms with Crippen LogP contribution < -0.4 is 10.6 Å². The summed E-state index contributed by atoms with van der Waals surface area (Å²) in [5.74, 6) is -0.200. The van der Waals surface area contributed by atoms with Crippen molar-refractivity contribution in [3.63, 3.8) is 0 Å². The van der Waals surface area contributed by atoms with E-state index in [0.29, 0.717) is 31.0 Å². The highest BCUT2D eigenvalue weighted by Crippen LogP contribution is 2.30. The van der Waals surface area contributed by atoms with Crippen molar-refractivity contribution >= 4 is 17.7 Å². The van der Waals surface area contributed by atoms with Gasteiger partial charge in [0.25, 0.3) is 11.8 Å². The molecule has 2 fully saturated rings. The highest BCUT2D eigenvalue weighted by atomic mass is 16.5. The first-order chi connectivity index (χ1) is 14.1. The molecule has 2 N–H and O–H groups in total. The third kappa shape index (κ3) is 4.29. The van der Waals surface area contributed by atoms with Crippen molar-refractivity contribution in [2.24, 2.45) is 0 Å². The highest BCUT2D eigenvalue weighted by Gasteiger charge is 2.28. The second-order valence-corrected chi connectivity index (χ2v) is 7.02. The lowest BCUT2D eigenvalue weighted by molar-refractivity contribution is -0.123. The van der Waals surface area contributed by atoms with Crippen LogP contribution in [-0.2, 0) is 16.1 Å². The third-order valence-corrected chi connectivity index (χ3v) is 5.01. The molecule has 2 aliphatic heterocycles. The molecule has 9 nitrogen and oxygen atoms in total. The van der Waals surface area contributed by atoms with Gasteiger partial charge in [0.1, 0.15) is 6.10 Å². The summed E-state index contributed by atoms with van der Waals surface area (Å²) in [5, 5.41) is 5.51. The maximum absolute atomic E-state index is 12.5. The van der Waals surface area contributed by atoms with Gasteiger partial charge in [-0.2, -0.15) is 0 Å². The number of hydrogen-bond donors (Lipinski definition) is 2. The zero-order chi connectivity index (χ0) is 20.2. The zero-order valence-corrected chi connectivity index (χ0v) is 15.8. The Kier molecular flexibility index (Phi) is 5.57. The molecule has 1 atom stereocenters. The van der Waals surface area contributed by atoms with Crippen LogP contribution in [0.3, 0.4) is 0 Å². The van der Waals surface area contributed by atoms with Crippen LogP contribution in [0.25, 0.3) is 0 Å². The average Bonchev–Trinajstić information content (AvgIpc) is 3.43. The summed E-state index contributed by atoms with van der Waals surface area (Å²) < 4.78 is 10.9. The molecule has 9 heteroatoms. The van der Waals surface area contributed by atoms with Gasteiger partial charge >= 0.3 is 0 Å². The SMILES string of the molecule is O=C1CN(C(=O)c2ccc(CNC(=O)c3ncoc3C3CCCO3)cc2)CCN1. The van der Waals surface area contributed by atoms with E-state index in [4.69, 9.17) is 9.15 Å². The van der Waals surface area contributed by atoms with E-state index in [2.05, 4.69) is 15.6 Å². The molecule has 2 saturated heterocycles. The lowest BCUT2D eigenvalue weighted by Gasteiger charge is -2.26. The number of hydrogen-bond acceptors (Lipinski definition) is 6. The Balaban J connectivity index is 1.35. The Morgan fingerprint density at radius 2 is 2.10 bits per heavy atom. The van der Waals surface area contributed by atoms with E-state index in [9.17, 15) is 14.4 Å². The predicted octanol–water partition coefficient (Wildman–Crippen LogP) is 1.03. The topological polar surface area (TPSA) is 114 Å². The number of piperazine rings is 1. The Hall–Kier alpha value is -3.20. The molecular weight excluding hydrogens is 376 g/mol. The number of benzene rings is 1. The van der Waals surface area contributed by atoms with Crippen molar-refractivity contribution < 1.29 is 23.5 Å². The number of oxazole rings is 1. The molecule has 1 aromatic carbocycles. The fourth-order valence-corrected chi connectivity index (χ4v) is 3.46. The lowest BCUT2D eigenvalue weighted by atomic mass is 10.1. The monoisotopic (exact) mass is 398 g/mol. The molecule has 0 aliphatic carbocycles. The minimum Gasteiger partial charge on any atom is -0.445 e. The van der Waals surface area contributed by atoms with Gasteiger partial charge in [0.15, 0.2) is 17.8 Å². The molecule has 0 spiro atoms. The molecule has 2 aromatic rings. The second-order valence-electron chi connectivity index (χ2n) is 7.02. The van der Waals surface area contributed by atoms with Gasteiger partial charge in [0, 0.05) is 31.8 Å². The first kappa shape index (κ1) is 19.1. The van der Waals surface area contributed by atoms with Gasteiger partial charge in [-0.25, -0.2) is 4.98 Å². The van der Waals surface area contributed by atoms with E-state index >= 15 is 0 Å². The quantitative estimate of drug-likeness (QED) is 0.778. The molecule has 0 radical (unpaired) electrons. The molecule has 1 aromatic heterocycles. The van der Waals surface area contributed by atoms with Gasteiger partial charge in [-0.05, 0) is 30.5 Å². The Morgan fingerprint density at radius 1 is 1.28 bits per heavy atom. The molecule has 3 heterocycles. The van der Waals surface area contributed by atoms with Gasteiger partial charge in [-0.1, -0.05) is 12.1 Å². The summed E-state index contributed by atoms with van der Waals surface area (Å²) in [6.45, 7) is 1.97. The van der Waals surface area contributed by atoms with Gasteiger partial charge in [0.05, 0.1) is 6.54 Å². The van der Waals surface area contributed by atoms with E-state index in [-0.39, 0.29) is 42.6 Å². The van der Waals surface area contributed by atoms with Crippen LogP contribution in [0, 0.1) is 0 Å². The standard InChI is InChI=1S/C20H22N4O5/c25-16-11-24(8-7-21-16)20(27)14-5-3-13(4-6-14)10-22-19(26)17-18(29-12-23-17)15-2-1-9-28-15/h3-6,12,15H,1-2,7-11H2,(H,21,25)(H,22,26). The maximum atomic E-state index is 12.5. The van der Waals surface area contributed by atoms with Gasteiger partial charge in [0.2, 0.25) is 5.91 Å². The summed E-state index contributed by atoms with van der Waals surface area (Å²) in [5.41, 5.74) is 1.59. The second kappa shape index (κ2) is 8.44. The molecule has 0 bridgehead atoms. The minimum absolute atomic E-state index is 0.0708. The first-order valence-corrected chi connectivity index (χ1v) is 9.60. The number of amides is 3. The van der Waals surface area contributed by atoms with E-state index in [1.54, 1.807) is 24.3 Å². The van der Waals surface area contributed by atoms with Gasteiger partial charge in [-0.3, -0.25) is 14.4 Å². The van der Waals surface area contributed by atoms with Crippen LogP contribution in [0.5, 0.6) is 0 Å². The Bertz CT molecular complexity index is 902. The average molecular weight is 398 g/mol. The molecule has 29 heavy (non-hydrogen) atoms. The Labute approximate surface area is 167 Å². The highest BCUT2D eigenvalue weighted by molar-refractivity contribution is 5.97. The van der Waals surface area contributed by atoms with E-state index in [1.165, 1.54) is 11.3 Å². The molecule has 2 aliphatic rings. The van der Waals surface area contributed by atoms with Gasteiger partial charge < -0.3 is 24.7 Å². The predicted molar refractivity (Wildman–Crippen MR) is 101 cm³/mol. The van der Waals surface area contributed by atoms with Crippen LogP contribution in [0.1, 0.15) is 51.1 Å². The normalized spacial score (nSPS) is 19.1. The molecule has 0 saturated carbocycles. The summed E-state index contributed by atoms with van der Waals surface area (Å²) in [7, 11) is 0. The van der Waals surface area contributed by atoms with Crippen molar-refractivity contribution in [3.05, 3.63) is 53.2 Å². The zero-order valence-electron chi connectivity index (χ0n) is 15.8. The molecule has 1 unspecified atom stereocenters. The number of nitrogens with zero attached hydrogens (tertiary/aromatic N) is 2. The number of aromatic nitrogens is 1. The number of nitrogens with one attached hydrogen (secondary N) is 2. The molecule has 4 rings (SSSR count). The summed E-state index contributed by atoms with van der Waals surface area (Å²) in [6.07, 6.45) is 2.77. The number of rotatable bonds is 5. The van der Waals surface area contributed by atoms with Crippen molar-refractivity contribution in [1.82, 2.24) is 20.5 Å². The number of ether oxygens (including phenoxy) is 1. The van der Waals surface area contributed by atoms with E-state index < -0.39 is 0 Å². The Morgan fingerprint density at radius 3 is 2.83 bits per heavy atom. The van der Waals surface area contributed by atoms with Crippen LogP contribution in [0.15, 0.2) is 35.1 Å². The summed E-state index contributed by atoms with van der Waals surface area (Å²) in [4.78, 5) is 42.0. The summed E-state index contributed by atoms with van der Waals surface area (Å²) in [6, 6.07) is 6.96. The fourth-order valence-electron chi connectivity index (χ4n) is 3.46. The van der Waals surface area contributed by atoms with Crippen molar-refractivity contribution in [2.45, 2.75) is 25.5 Å². The van der Waals surface area contributed by atoms with Crippen LogP contribution in [0.2, 0.25) is 0 Å².